The topological polar surface area (TPSA) is 71.1 Å². The number of ether oxygens (including phenoxy) is 4. The molecule has 6 heteroatoms. The molecule has 0 saturated heterocycles. The van der Waals surface area contributed by atoms with Crippen LogP contribution in [0.15, 0.2) is 0 Å². The number of carbonyl (C=O) groups excluding carboxylic acids is 2. The van der Waals surface area contributed by atoms with Gasteiger partial charge in [-0.25, -0.2) is 9.59 Å². The number of rotatable bonds is 7. The first-order valence-electron chi connectivity index (χ1n) is 3.99. The highest BCUT2D eigenvalue weighted by molar-refractivity contribution is 5.73. The van der Waals surface area contributed by atoms with E-state index < -0.39 is 11.9 Å². The third kappa shape index (κ3) is 7.51. The second kappa shape index (κ2) is 8.46. The quantitative estimate of drug-likeness (QED) is 0.408. The van der Waals surface area contributed by atoms with Crippen molar-refractivity contribution in [1.82, 2.24) is 0 Å². The molecule has 82 valence electrons. The summed E-state index contributed by atoms with van der Waals surface area (Å²) in [6.45, 7) is -0.00560. The molecule has 0 spiro atoms. The van der Waals surface area contributed by atoms with Crippen molar-refractivity contribution in [3.63, 3.8) is 0 Å². The molecule has 0 radical (unpaired) electrons. The van der Waals surface area contributed by atoms with E-state index in [0.717, 1.165) is 0 Å². The number of hydrogen-bond donors (Lipinski definition) is 0. The van der Waals surface area contributed by atoms with Gasteiger partial charge in [0.1, 0.15) is 19.8 Å². The predicted molar refractivity (Wildman–Crippen MR) is 45.7 cm³/mol. The van der Waals surface area contributed by atoms with Crippen molar-refractivity contribution in [1.29, 1.82) is 0 Å². The van der Waals surface area contributed by atoms with Gasteiger partial charge in [0.15, 0.2) is 0 Å². The Kier molecular flexibility index (Phi) is 7.77. The van der Waals surface area contributed by atoms with Gasteiger partial charge in [0, 0.05) is 7.11 Å². The summed E-state index contributed by atoms with van der Waals surface area (Å²) in [4.78, 5) is 21.4. The zero-order valence-corrected chi connectivity index (χ0v) is 8.28. The number of esters is 2. The van der Waals surface area contributed by atoms with E-state index in [-0.39, 0.29) is 19.8 Å². The van der Waals surface area contributed by atoms with E-state index in [2.05, 4.69) is 18.9 Å². The first-order chi connectivity index (χ1) is 6.70. The summed E-state index contributed by atoms with van der Waals surface area (Å²) in [6, 6.07) is 0. The van der Waals surface area contributed by atoms with Crippen molar-refractivity contribution in [2.75, 3.05) is 40.6 Å². The van der Waals surface area contributed by atoms with Crippen LogP contribution in [0.25, 0.3) is 0 Å². The first-order valence-corrected chi connectivity index (χ1v) is 3.99. The normalized spacial score (nSPS) is 9.57. The predicted octanol–water partition coefficient (Wildman–Crippen LogP) is -0.634. The minimum absolute atomic E-state index is 0.177. The third-order valence-corrected chi connectivity index (χ3v) is 1.22. The summed E-state index contributed by atoms with van der Waals surface area (Å²) < 4.78 is 18.3. The van der Waals surface area contributed by atoms with E-state index in [9.17, 15) is 9.59 Å². The molecule has 0 bridgehead atoms. The molecule has 0 heterocycles. The molecule has 0 aromatic rings. The molecule has 0 aromatic heterocycles. The Bertz CT molecular complexity index is 179. The molecule has 6 nitrogen and oxygen atoms in total. The van der Waals surface area contributed by atoms with Gasteiger partial charge < -0.3 is 18.9 Å². The molecule has 0 aliphatic carbocycles. The fraction of sp³-hybridized carbons (Fsp3) is 0.750. The Morgan fingerprint density at radius 2 is 1.64 bits per heavy atom. The second-order valence-corrected chi connectivity index (χ2v) is 2.28. The Morgan fingerprint density at radius 3 is 2.21 bits per heavy atom. The van der Waals surface area contributed by atoms with Crippen molar-refractivity contribution >= 4 is 11.9 Å². The van der Waals surface area contributed by atoms with Gasteiger partial charge in [-0.15, -0.1) is 0 Å². The fourth-order valence-electron chi connectivity index (χ4n) is 0.557. The molecular weight excluding hydrogens is 192 g/mol. The molecule has 14 heavy (non-hydrogen) atoms. The van der Waals surface area contributed by atoms with Gasteiger partial charge >= 0.3 is 11.9 Å². The molecule has 0 saturated carbocycles. The lowest BCUT2D eigenvalue weighted by Gasteiger charge is -2.04. The monoisotopic (exact) mass is 206 g/mol. The lowest BCUT2D eigenvalue weighted by molar-refractivity contribution is -0.154. The van der Waals surface area contributed by atoms with Crippen LogP contribution in [0.1, 0.15) is 0 Å². The van der Waals surface area contributed by atoms with E-state index in [1.165, 1.54) is 14.2 Å². The lowest BCUT2D eigenvalue weighted by Crippen LogP contribution is -2.19. The Labute approximate surface area is 82.1 Å². The molecule has 0 aliphatic heterocycles. The Hall–Kier alpha value is -1.14. The van der Waals surface area contributed by atoms with Gasteiger partial charge in [0.2, 0.25) is 0 Å². The average molecular weight is 206 g/mol. The molecule has 0 N–H and O–H groups in total. The van der Waals surface area contributed by atoms with Crippen molar-refractivity contribution < 1.29 is 28.5 Å². The average Bonchev–Trinajstić information content (AvgIpc) is 2.18. The Morgan fingerprint density at radius 1 is 1.00 bits per heavy atom. The van der Waals surface area contributed by atoms with Crippen LogP contribution in [-0.2, 0) is 28.5 Å². The third-order valence-electron chi connectivity index (χ3n) is 1.22. The largest absolute Gasteiger partial charge is 0.467 e. The van der Waals surface area contributed by atoms with E-state index >= 15 is 0 Å². The summed E-state index contributed by atoms with van der Waals surface area (Å²) in [7, 11) is 2.74. The summed E-state index contributed by atoms with van der Waals surface area (Å²) in [5.41, 5.74) is 0. The second-order valence-electron chi connectivity index (χ2n) is 2.28. The zero-order chi connectivity index (χ0) is 10.8. The minimum Gasteiger partial charge on any atom is -0.467 e. The van der Waals surface area contributed by atoms with Gasteiger partial charge in [-0.2, -0.15) is 0 Å². The summed E-state index contributed by atoms with van der Waals surface area (Å²) in [5.74, 6) is -1.07. The van der Waals surface area contributed by atoms with Gasteiger partial charge in [-0.05, 0) is 0 Å². The van der Waals surface area contributed by atoms with E-state index in [1.54, 1.807) is 0 Å². The highest BCUT2D eigenvalue weighted by Gasteiger charge is 2.05. The SMILES string of the molecule is COCCOC(=O)COCC(=O)OC. The Balaban J connectivity index is 3.31. The van der Waals surface area contributed by atoms with Gasteiger partial charge in [-0.3, -0.25) is 0 Å². The fourth-order valence-corrected chi connectivity index (χ4v) is 0.557. The maximum Gasteiger partial charge on any atom is 0.332 e. The molecule has 0 unspecified atom stereocenters. The number of methoxy groups -OCH3 is 2. The molecule has 0 rings (SSSR count). The van der Waals surface area contributed by atoms with Gasteiger partial charge in [0.25, 0.3) is 0 Å². The summed E-state index contributed by atoms with van der Waals surface area (Å²) in [6.07, 6.45) is 0. The first kappa shape index (κ1) is 12.9. The zero-order valence-electron chi connectivity index (χ0n) is 8.28. The van der Waals surface area contributed by atoms with E-state index in [0.29, 0.717) is 6.61 Å². The maximum absolute atomic E-state index is 10.8. The van der Waals surface area contributed by atoms with Crippen LogP contribution in [0.4, 0.5) is 0 Å². The molecular formula is C8H14O6. The van der Waals surface area contributed by atoms with E-state index in [4.69, 9.17) is 0 Å². The van der Waals surface area contributed by atoms with Crippen LogP contribution in [0.2, 0.25) is 0 Å². The van der Waals surface area contributed by atoms with Crippen molar-refractivity contribution in [2.24, 2.45) is 0 Å². The highest BCUT2D eigenvalue weighted by atomic mass is 16.6. The van der Waals surface area contributed by atoms with Crippen LogP contribution in [0.3, 0.4) is 0 Å². The smallest absolute Gasteiger partial charge is 0.332 e. The van der Waals surface area contributed by atoms with Crippen molar-refractivity contribution in [2.45, 2.75) is 0 Å². The number of hydrogen-bond acceptors (Lipinski definition) is 6. The molecule has 0 aliphatic rings. The van der Waals surface area contributed by atoms with Crippen LogP contribution in [0, 0.1) is 0 Å². The molecule has 0 aromatic carbocycles. The van der Waals surface area contributed by atoms with Crippen LogP contribution >= 0.6 is 0 Å². The van der Waals surface area contributed by atoms with Crippen LogP contribution in [0.5, 0.6) is 0 Å². The van der Waals surface area contributed by atoms with Crippen LogP contribution in [-0.4, -0.2) is 52.6 Å². The molecule has 0 amide bonds. The highest BCUT2D eigenvalue weighted by Crippen LogP contribution is 1.83. The minimum atomic E-state index is -0.536. The molecule has 0 fully saturated rings. The van der Waals surface area contributed by atoms with Gasteiger partial charge in [0.05, 0.1) is 13.7 Å². The summed E-state index contributed by atoms with van der Waals surface area (Å²) in [5, 5.41) is 0. The number of carbonyl (C=O) groups is 2. The molecule has 0 atom stereocenters. The maximum atomic E-state index is 10.8. The van der Waals surface area contributed by atoms with Crippen molar-refractivity contribution in [3.8, 4) is 0 Å². The van der Waals surface area contributed by atoms with Crippen molar-refractivity contribution in [3.05, 3.63) is 0 Å². The van der Waals surface area contributed by atoms with E-state index in [1.807, 2.05) is 0 Å². The van der Waals surface area contributed by atoms with Crippen LogP contribution < -0.4 is 0 Å². The lowest BCUT2D eigenvalue weighted by atomic mass is 10.6. The standard InChI is InChI=1S/C8H14O6/c1-11-3-4-14-8(10)6-13-5-7(9)12-2/h3-6H2,1-2H3. The van der Waals surface area contributed by atoms with Gasteiger partial charge in [-0.1, -0.05) is 0 Å². The summed E-state index contributed by atoms with van der Waals surface area (Å²) >= 11 is 0.